The molecule has 0 amide bonds. The normalized spacial score (nSPS) is 14.7. The van der Waals surface area contributed by atoms with Gasteiger partial charge in [-0.1, -0.05) is 32.8 Å². The molecule has 0 aliphatic heterocycles. The molecular weight excluding hydrogens is 196 g/mol. The first-order valence-electron chi connectivity index (χ1n) is 6.36. The van der Waals surface area contributed by atoms with Crippen molar-refractivity contribution >= 4 is 0 Å². The summed E-state index contributed by atoms with van der Waals surface area (Å²) in [6.45, 7) is 4.53. The first kappa shape index (κ1) is 13.2. The molecule has 0 aromatic carbocycles. The highest BCUT2D eigenvalue weighted by Gasteiger charge is 2.08. The molecule has 0 spiro atoms. The third-order valence-corrected chi connectivity index (χ3v) is 3.01. The average Bonchev–Trinajstić information content (AvgIpc) is 2.28. The Kier molecular flexibility index (Phi) is 6.09. The van der Waals surface area contributed by atoms with Gasteiger partial charge in [-0.05, 0) is 36.8 Å². The van der Waals surface area contributed by atoms with Crippen LogP contribution in [0.2, 0.25) is 0 Å². The molecule has 2 N–H and O–H groups in total. The fourth-order valence-corrected chi connectivity index (χ4v) is 2.14. The molecule has 1 aromatic heterocycles. The number of rotatable bonds is 7. The standard InChI is InChI=1S/C14H24N2/c1-3-5-12(2)10-14(15)8-7-13-6-4-9-16-11-13/h4,6,9,11-12,14H,3,5,7-8,10,15H2,1-2H3. The van der Waals surface area contributed by atoms with Gasteiger partial charge >= 0.3 is 0 Å². The van der Waals surface area contributed by atoms with Gasteiger partial charge in [0.25, 0.3) is 0 Å². The van der Waals surface area contributed by atoms with Crippen LogP contribution in [0.1, 0.15) is 45.1 Å². The number of pyridine rings is 1. The third kappa shape index (κ3) is 5.26. The summed E-state index contributed by atoms with van der Waals surface area (Å²) in [6.07, 6.45) is 9.56. The molecule has 2 unspecified atom stereocenters. The topological polar surface area (TPSA) is 38.9 Å². The Bertz CT molecular complexity index is 271. The van der Waals surface area contributed by atoms with E-state index in [1.165, 1.54) is 18.4 Å². The maximum Gasteiger partial charge on any atom is 0.0299 e. The van der Waals surface area contributed by atoms with Crippen LogP contribution in [0.5, 0.6) is 0 Å². The van der Waals surface area contributed by atoms with Crippen LogP contribution in [-0.4, -0.2) is 11.0 Å². The summed E-state index contributed by atoms with van der Waals surface area (Å²) in [5.41, 5.74) is 7.42. The van der Waals surface area contributed by atoms with Gasteiger partial charge in [-0.2, -0.15) is 0 Å². The summed E-state index contributed by atoms with van der Waals surface area (Å²) in [6, 6.07) is 4.44. The number of nitrogens with two attached hydrogens (primary N) is 1. The van der Waals surface area contributed by atoms with Crippen molar-refractivity contribution in [2.75, 3.05) is 0 Å². The van der Waals surface area contributed by atoms with Gasteiger partial charge in [0.1, 0.15) is 0 Å². The minimum atomic E-state index is 0.335. The lowest BCUT2D eigenvalue weighted by molar-refractivity contribution is 0.419. The molecule has 2 heteroatoms. The van der Waals surface area contributed by atoms with Crippen molar-refractivity contribution in [2.24, 2.45) is 11.7 Å². The predicted molar refractivity (Wildman–Crippen MR) is 69.2 cm³/mol. The van der Waals surface area contributed by atoms with E-state index in [0.29, 0.717) is 6.04 Å². The monoisotopic (exact) mass is 220 g/mol. The zero-order valence-corrected chi connectivity index (χ0v) is 10.5. The first-order chi connectivity index (χ1) is 7.72. The summed E-state index contributed by atoms with van der Waals surface area (Å²) >= 11 is 0. The van der Waals surface area contributed by atoms with Crippen LogP contribution in [0.3, 0.4) is 0 Å². The lowest BCUT2D eigenvalue weighted by Crippen LogP contribution is -2.23. The average molecular weight is 220 g/mol. The van der Waals surface area contributed by atoms with Crippen LogP contribution in [-0.2, 0) is 6.42 Å². The number of aryl methyl sites for hydroxylation is 1. The zero-order chi connectivity index (χ0) is 11.8. The molecule has 0 aliphatic rings. The quantitative estimate of drug-likeness (QED) is 0.766. The van der Waals surface area contributed by atoms with E-state index in [4.69, 9.17) is 5.73 Å². The fourth-order valence-electron chi connectivity index (χ4n) is 2.14. The van der Waals surface area contributed by atoms with Gasteiger partial charge in [0.15, 0.2) is 0 Å². The Morgan fingerprint density at radius 1 is 1.38 bits per heavy atom. The Labute approximate surface area is 99.3 Å². The van der Waals surface area contributed by atoms with Gasteiger partial charge in [-0.15, -0.1) is 0 Å². The van der Waals surface area contributed by atoms with Gasteiger partial charge in [0, 0.05) is 18.4 Å². The molecule has 1 aromatic rings. The van der Waals surface area contributed by atoms with Crippen molar-refractivity contribution in [3.63, 3.8) is 0 Å². The minimum Gasteiger partial charge on any atom is -0.328 e. The summed E-state index contributed by atoms with van der Waals surface area (Å²) in [4.78, 5) is 4.11. The van der Waals surface area contributed by atoms with E-state index < -0.39 is 0 Å². The van der Waals surface area contributed by atoms with E-state index >= 15 is 0 Å². The van der Waals surface area contributed by atoms with E-state index in [0.717, 1.165) is 25.2 Å². The van der Waals surface area contributed by atoms with Gasteiger partial charge in [0.05, 0.1) is 0 Å². The molecule has 0 saturated heterocycles. The van der Waals surface area contributed by atoms with Crippen molar-refractivity contribution in [1.82, 2.24) is 4.98 Å². The second-order valence-corrected chi connectivity index (χ2v) is 4.79. The maximum absolute atomic E-state index is 6.13. The largest absolute Gasteiger partial charge is 0.328 e. The van der Waals surface area contributed by atoms with E-state index in [-0.39, 0.29) is 0 Å². The number of nitrogens with zero attached hydrogens (tertiary/aromatic N) is 1. The molecule has 1 rings (SSSR count). The maximum atomic E-state index is 6.13. The lowest BCUT2D eigenvalue weighted by Gasteiger charge is -2.16. The molecule has 0 bridgehead atoms. The van der Waals surface area contributed by atoms with Crippen LogP contribution in [0.4, 0.5) is 0 Å². The van der Waals surface area contributed by atoms with E-state index in [1.807, 2.05) is 18.5 Å². The van der Waals surface area contributed by atoms with Crippen LogP contribution in [0.25, 0.3) is 0 Å². The van der Waals surface area contributed by atoms with Crippen molar-refractivity contribution in [3.8, 4) is 0 Å². The highest BCUT2D eigenvalue weighted by Crippen LogP contribution is 2.14. The van der Waals surface area contributed by atoms with Crippen molar-refractivity contribution in [2.45, 2.75) is 52.0 Å². The van der Waals surface area contributed by atoms with E-state index in [2.05, 4.69) is 24.9 Å². The number of hydrogen-bond acceptors (Lipinski definition) is 2. The van der Waals surface area contributed by atoms with Crippen molar-refractivity contribution in [3.05, 3.63) is 30.1 Å². The number of aromatic nitrogens is 1. The lowest BCUT2D eigenvalue weighted by atomic mass is 9.94. The molecule has 16 heavy (non-hydrogen) atoms. The highest BCUT2D eigenvalue weighted by molar-refractivity contribution is 5.08. The molecule has 2 atom stereocenters. The van der Waals surface area contributed by atoms with Crippen molar-refractivity contribution < 1.29 is 0 Å². The van der Waals surface area contributed by atoms with Crippen LogP contribution in [0, 0.1) is 5.92 Å². The molecule has 0 saturated carbocycles. The second kappa shape index (κ2) is 7.39. The molecule has 0 aliphatic carbocycles. The molecular formula is C14H24N2. The minimum absolute atomic E-state index is 0.335. The smallest absolute Gasteiger partial charge is 0.0299 e. The summed E-state index contributed by atoms with van der Waals surface area (Å²) in [5.74, 6) is 0.758. The predicted octanol–water partition coefficient (Wildman–Crippen LogP) is 3.17. The highest BCUT2D eigenvalue weighted by atomic mass is 14.6. The fraction of sp³-hybridized carbons (Fsp3) is 0.643. The second-order valence-electron chi connectivity index (χ2n) is 4.79. The Morgan fingerprint density at radius 2 is 2.19 bits per heavy atom. The molecule has 0 radical (unpaired) electrons. The zero-order valence-electron chi connectivity index (χ0n) is 10.5. The van der Waals surface area contributed by atoms with Crippen LogP contribution >= 0.6 is 0 Å². The van der Waals surface area contributed by atoms with Crippen LogP contribution in [0.15, 0.2) is 24.5 Å². The van der Waals surface area contributed by atoms with Gasteiger partial charge in [0.2, 0.25) is 0 Å². The SMILES string of the molecule is CCCC(C)CC(N)CCc1cccnc1. The van der Waals surface area contributed by atoms with E-state index in [1.54, 1.807) is 0 Å². The van der Waals surface area contributed by atoms with Crippen LogP contribution < -0.4 is 5.73 Å². The molecule has 90 valence electrons. The summed E-state index contributed by atoms with van der Waals surface area (Å²) in [7, 11) is 0. The molecule has 2 nitrogen and oxygen atoms in total. The molecule has 1 heterocycles. The van der Waals surface area contributed by atoms with E-state index in [9.17, 15) is 0 Å². The Morgan fingerprint density at radius 3 is 2.81 bits per heavy atom. The van der Waals surface area contributed by atoms with Gasteiger partial charge in [-0.25, -0.2) is 0 Å². The van der Waals surface area contributed by atoms with Crippen molar-refractivity contribution in [1.29, 1.82) is 0 Å². The third-order valence-electron chi connectivity index (χ3n) is 3.01. The Hall–Kier alpha value is -0.890. The number of hydrogen-bond donors (Lipinski definition) is 1. The first-order valence-corrected chi connectivity index (χ1v) is 6.36. The van der Waals surface area contributed by atoms with Gasteiger partial charge < -0.3 is 5.73 Å². The Balaban J connectivity index is 2.22. The van der Waals surface area contributed by atoms with Gasteiger partial charge in [-0.3, -0.25) is 4.98 Å². The summed E-state index contributed by atoms with van der Waals surface area (Å²) in [5, 5.41) is 0. The molecule has 0 fully saturated rings. The summed E-state index contributed by atoms with van der Waals surface area (Å²) < 4.78 is 0.